The number of aliphatic hydroxyl groups is 1. The molecule has 2 unspecified atom stereocenters. The largest absolute Gasteiger partial charge is 0.387 e. The normalized spacial score (nSPS) is 33.5. The average molecular weight is 241 g/mol. The second-order valence-corrected chi connectivity index (χ2v) is 5.81. The maximum Gasteiger partial charge on any atom is 0.0880 e. The van der Waals surface area contributed by atoms with Crippen LogP contribution in [0.15, 0.2) is 0 Å². The van der Waals surface area contributed by atoms with E-state index < -0.39 is 5.60 Å². The Labute approximate surface area is 105 Å². The van der Waals surface area contributed by atoms with E-state index in [4.69, 9.17) is 4.74 Å². The van der Waals surface area contributed by atoms with Crippen molar-refractivity contribution < 1.29 is 9.84 Å². The van der Waals surface area contributed by atoms with Gasteiger partial charge in [-0.25, -0.2) is 0 Å². The molecular weight excluding hydrogens is 214 g/mol. The van der Waals surface area contributed by atoms with Gasteiger partial charge in [0.15, 0.2) is 0 Å². The molecule has 0 aliphatic heterocycles. The highest BCUT2D eigenvalue weighted by atomic mass is 16.5. The molecule has 3 nitrogen and oxygen atoms in total. The smallest absolute Gasteiger partial charge is 0.0880 e. The van der Waals surface area contributed by atoms with Crippen LogP contribution in [0.1, 0.15) is 57.8 Å². The number of rotatable bonds is 4. The molecule has 2 atom stereocenters. The predicted molar refractivity (Wildman–Crippen MR) is 69.1 cm³/mol. The lowest BCUT2D eigenvalue weighted by Crippen LogP contribution is -2.45. The van der Waals surface area contributed by atoms with Crippen LogP contribution in [-0.2, 0) is 4.74 Å². The Morgan fingerprint density at radius 2 is 1.82 bits per heavy atom. The lowest BCUT2D eigenvalue weighted by Gasteiger charge is -2.36. The SMILES string of the molecule is CNC1CCCCC1OCC1(O)CCCCC1. The minimum absolute atomic E-state index is 0.305. The molecule has 3 heteroatoms. The summed E-state index contributed by atoms with van der Waals surface area (Å²) in [6.07, 6.45) is 10.6. The van der Waals surface area contributed by atoms with E-state index in [1.807, 2.05) is 7.05 Å². The number of nitrogens with one attached hydrogen (secondary N) is 1. The fourth-order valence-electron chi connectivity index (χ4n) is 3.24. The topological polar surface area (TPSA) is 41.5 Å². The molecule has 2 N–H and O–H groups in total. The summed E-state index contributed by atoms with van der Waals surface area (Å²) >= 11 is 0. The van der Waals surface area contributed by atoms with Crippen LogP contribution in [-0.4, -0.2) is 36.5 Å². The van der Waals surface area contributed by atoms with Gasteiger partial charge >= 0.3 is 0 Å². The van der Waals surface area contributed by atoms with Crippen molar-refractivity contribution in [3.63, 3.8) is 0 Å². The zero-order valence-corrected chi connectivity index (χ0v) is 11.1. The van der Waals surface area contributed by atoms with E-state index in [1.54, 1.807) is 0 Å². The zero-order valence-electron chi connectivity index (χ0n) is 11.1. The zero-order chi connectivity index (χ0) is 12.1. The molecule has 0 saturated heterocycles. The van der Waals surface area contributed by atoms with Crippen LogP contribution in [0.4, 0.5) is 0 Å². The average Bonchev–Trinajstić information content (AvgIpc) is 2.38. The number of likely N-dealkylation sites (N-methyl/N-ethyl adjacent to an activating group) is 1. The van der Waals surface area contributed by atoms with Gasteiger partial charge in [0.1, 0.15) is 0 Å². The van der Waals surface area contributed by atoms with Crippen LogP contribution in [0.3, 0.4) is 0 Å². The first kappa shape index (κ1) is 13.3. The van der Waals surface area contributed by atoms with E-state index in [-0.39, 0.29) is 0 Å². The molecule has 0 amide bonds. The van der Waals surface area contributed by atoms with Crippen LogP contribution in [0.25, 0.3) is 0 Å². The molecule has 0 aromatic heterocycles. The Kier molecular flexibility index (Phi) is 4.83. The second-order valence-electron chi connectivity index (χ2n) is 5.81. The standard InChI is InChI=1S/C14H27NO2/c1-15-12-7-3-4-8-13(12)17-11-14(16)9-5-2-6-10-14/h12-13,15-16H,2-11H2,1H3. The fourth-order valence-corrected chi connectivity index (χ4v) is 3.24. The lowest BCUT2D eigenvalue weighted by molar-refractivity contribution is -0.103. The molecule has 0 aromatic carbocycles. The van der Waals surface area contributed by atoms with Crippen LogP contribution >= 0.6 is 0 Å². The van der Waals surface area contributed by atoms with Crippen LogP contribution < -0.4 is 5.32 Å². The van der Waals surface area contributed by atoms with Gasteiger partial charge in [0.05, 0.1) is 18.3 Å². The molecule has 2 aliphatic carbocycles. The molecule has 0 aromatic rings. The predicted octanol–water partition coefficient (Wildman–Crippen LogP) is 2.23. The Balaban J connectivity index is 1.79. The maximum absolute atomic E-state index is 10.4. The third-order valence-corrected chi connectivity index (χ3v) is 4.42. The summed E-state index contributed by atoms with van der Waals surface area (Å²) in [6.45, 7) is 0.538. The second kappa shape index (κ2) is 6.17. The van der Waals surface area contributed by atoms with E-state index in [9.17, 15) is 5.11 Å². The molecule has 0 radical (unpaired) electrons. The maximum atomic E-state index is 10.4. The molecule has 17 heavy (non-hydrogen) atoms. The first-order valence-electron chi connectivity index (χ1n) is 7.25. The van der Waals surface area contributed by atoms with Gasteiger partial charge in [0.25, 0.3) is 0 Å². The lowest BCUT2D eigenvalue weighted by atomic mass is 9.85. The van der Waals surface area contributed by atoms with Gasteiger partial charge in [0, 0.05) is 6.04 Å². The molecule has 0 heterocycles. The summed E-state index contributed by atoms with van der Waals surface area (Å²) in [5.41, 5.74) is -0.534. The van der Waals surface area contributed by atoms with Crippen LogP contribution in [0, 0.1) is 0 Å². The molecule has 0 spiro atoms. The first-order chi connectivity index (χ1) is 8.23. The van der Waals surface area contributed by atoms with Crippen molar-refractivity contribution in [2.75, 3.05) is 13.7 Å². The van der Waals surface area contributed by atoms with Gasteiger partial charge in [-0.3, -0.25) is 0 Å². The molecular formula is C14H27NO2. The minimum atomic E-state index is -0.534. The van der Waals surface area contributed by atoms with Crippen molar-refractivity contribution in [3.05, 3.63) is 0 Å². The van der Waals surface area contributed by atoms with Crippen molar-refractivity contribution >= 4 is 0 Å². The molecule has 2 fully saturated rings. The van der Waals surface area contributed by atoms with Gasteiger partial charge in [-0.2, -0.15) is 0 Å². The molecule has 2 saturated carbocycles. The van der Waals surface area contributed by atoms with Gasteiger partial charge in [-0.05, 0) is 32.7 Å². The summed E-state index contributed by atoms with van der Waals surface area (Å²) in [4.78, 5) is 0. The van der Waals surface area contributed by atoms with E-state index in [1.165, 1.54) is 25.7 Å². The quantitative estimate of drug-likeness (QED) is 0.793. The van der Waals surface area contributed by atoms with Crippen molar-refractivity contribution in [2.24, 2.45) is 0 Å². The number of hydrogen-bond acceptors (Lipinski definition) is 3. The Morgan fingerprint density at radius 1 is 1.12 bits per heavy atom. The minimum Gasteiger partial charge on any atom is -0.387 e. The van der Waals surface area contributed by atoms with Crippen LogP contribution in [0.2, 0.25) is 0 Å². The van der Waals surface area contributed by atoms with Gasteiger partial charge in [-0.1, -0.05) is 32.1 Å². The summed E-state index contributed by atoms with van der Waals surface area (Å²) in [6, 6.07) is 0.482. The summed E-state index contributed by atoms with van der Waals surface area (Å²) in [5.74, 6) is 0. The highest BCUT2D eigenvalue weighted by Gasteiger charge is 2.32. The van der Waals surface area contributed by atoms with Gasteiger partial charge < -0.3 is 15.2 Å². The highest BCUT2D eigenvalue weighted by molar-refractivity contribution is 4.85. The highest BCUT2D eigenvalue weighted by Crippen LogP contribution is 2.30. The third kappa shape index (κ3) is 3.67. The van der Waals surface area contributed by atoms with E-state index in [0.29, 0.717) is 18.8 Å². The molecule has 2 aliphatic rings. The number of ether oxygens (including phenoxy) is 1. The summed E-state index contributed by atoms with van der Waals surface area (Å²) < 4.78 is 6.02. The van der Waals surface area contributed by atoms with E-state index >= 15 is 0 Å². The monoisotopic (exact) mass is 241 g/mol. The van der Waals surface area contributed by atoms with Crippen molar-refractivity contribution in [1.29, 1.82) is 0 Å². The Bertz CT molecular complexity index is 226. The molecule has 2 rings (SSSR count). The molecule has 0 bridgehead atoms. The van der Waals surface area contributed by atoms with Gasteiger partial charge in [0.2, 0.25) is 0 Å². The Hall–Kier alpha value is -0.120. The number of hydrogen-bond donors (Lipinski definition) is 2. The van der Waals surface area contributed by atoms with E-state index in [0.717, 1.165) is 32.1 Å². The van der Waals surface area contributed by atoms with Crippen molar-refractivity contribution in [1.82, 2.24) is 5.32 Å². The van der Waals surface area contributed by atoms with Crippen molar-refractivity contribution in [2.45, 2.75) is 75.5 Å². The van der Waals surface area contributed by atoms with Crippen LogP contribution in [0.5, 0.6) is 0 Å². The first-order valence-corrected chi connectivity index (χ1v) is 7.25. The molecule has 100 valence electrons. The fraction of sp³-hybridized carbons (Fsp3) is 1.00. The van der Waals surface area contributed by atoms with E-state index in [2.05, 4.69) is 5.32 Å². The van der Waals surface area contributed by atoms with Gasteiger partial charge in [-0.15, -0.1) is 0 Å². The summed E-state index contributed by atoms with van der Waals surface area (Å²) in [5, 5.41) is 13.8. The summed E-state index contributed by atoms with van der Waals surface area (Å²) in [7, 11) is 2.02. The Morgan fingerprint density at radius 3 is 2.53 bits per heavy atom. The third-order valence-electron chi connectivity index (χ3n) is 4.42. The van der Waals surface area contributed by atoms with Crippen molar-refractivity contribution in [3.8, 4) is 0 Å².